The van der Waals surface area contributed by atoms with Crippen LogP contribution in [0, 0.1) is 11.8 Å². The van der Waals surface area contributed by atoms with Gasteiger partial charge in [0.15, 0.2) is 0 Å². The normalized spacial score (nSPS) is 25.5. The van der Waals surface area contributed by atoms with Gasteiger partial charge in [0.25, 0.3) is 0 Å². The molecule has 0 bridgehead atoms. The standard InChI is InChI=1S/C12H18N2/c1-9-5-10(6-9)8-14-12-4-2-3-11(13)7-12/h2-4,7,9-10,14H,5-6,8,13H2,1H3. The molecule has 1 aliphatic carbocycles. The van der Waals surface area contributed by atoms with Crippen molar-refractivity contribution in [3.05, 3.63) is 24.3 Å². The lowest BCUT2D eigenvalue weighted by Gasteiger charge is -2.33. The summed E-state index contributed by atoms with van der Waals surface area (Å²) in [6.07, 6.45) is 2.74. The Morgan fingerprint density at radius 3 is 2.86 bits per heavy atom. The summed E-state index contributed by atoms with van der Waals surface area (Å²) in [4.78, 5) is 0. The van der Waals surface area contributed by atoms with Crippen LogP contribution in [0.25, 0.3) is 0 Å². The highest BCUT2D eigenvalue weighted by Crippen LogP contribution is 2.32. The molecule has 1 aromatic carbocycles. The summed E-state index contributed by atoms with van der Waals surface area (Å²) in [5.41, 5.74) is 7.67. The summed E-state index contributed by atoms with van der Waals surface area (Å²) in [6.45, 7) is 3.41. The minimum absolute atomic E-state index is 0.831. The van der Waals surface area contributed by atoms with E-state index in [-0.39, 0.29) is 0 Å². The Bertz CT molecular complexity index is 303. The maximum atomic E-state index is 5.69. The monoisotopic (exact) mass is 190 g/mol. The molecule has 1 aromatic rings. The van der Waals surface area contributed by atoms with Crippen LogP contribution < -0.4 is 11.1 Å². The molecule has 0 spiro atoms. The minimum atomic E-state index is 0.831. The molecule has 0 amide bonds. The first-order chi connectivity index (χ1) is 6.74. The Balaban J connectivity index is 1.80. The van der Waals surface area contributed by atoms with Crippen LogP contribution in [0.5, 0.6) is 0 Å². The largest absolute Gasteiger partial charge is 0.399 e. The predicted octanol–water partition coefficient (Wildman–Crippen LogP) is 2.73. The third-order valence-electron chi connectivity index (χ3n) is 2.95. The number of hydrogen-bond donors (Lipinski definition) is 2. The average molecular weight is 190 g/mol. The first-order valence-electron chi connectivity index (χ1n) is 5.33. The smallest absolute Gasteiger partial charge is 0.0360 e. The van der Waals surface area contributed by atoms with Gasteiger partial charge in [0.2, 0.25) is 0 Å². The molecule has 2 rings (SSSR count). The Labute approximate surface area is 85.5 Å². The Hall–Kier alpha value is -1.18. The van der Waals surface area contributed by atoms with Gasteiger partial charge < -0.3 is 11.1 Å². The molecular weight excluding hydrogens is 172 g/mol. The van der Waals surface area contributed by atoms with E-state index in [0.29, 0.717) is 0 Å². The molecule has 2 heteroatoms. The van der Waals surface area contributed by atoms with Crippen molar-refractivity contribution in [2.24, 2.45) is 11.8 Å². The highest BCUT2D eigenvalue weighted by atomic mass is 14.9. The van der Waals surface area contributed by atoms with Crippen molar-refractivity contribution in [2.75, 3.05) is 17.6 Å². The summed E-state index contributed by atoms with van der Waals surface area (Å²) in [7, 11) is 0. The van der Waals surface area contributed by atoms with Gasteiger partial charge in [0.1, 0.15) is 0 Å². The van der Waals surface area contributed by atoms with Gasteiger partial charge in [-0.15, -0.1) is 0 Å². The minimum Gasteiger partial charge on any atom is -0.399 e. The molecule has 0 saturated heterocycles. The van der Waals surface area contributed by atoms with Gasteiger partial charge in [-0.1, -0.05) is 13.0 Å². The van der Waals surface area contributed by atoms with Crippen LogP contribution in [0.15, 0.2) is 24.3 Å². The summed E-state index contributed by atoms with van der Waals surface area (Å²) in [5.74, 6) is 1.80. The highest BCUT2D eigenvalue weighted by molar-refractivity contribution is 5.54. The lowest BCUT2D eigenvalue weighted by molar-refractivity contribution is 0.225. The van der Waals surface area contributed by atoms with E-state index in [4.69, 9.17) is 5.73 Å². The molecule has 2 nitrogen and oxygen atoms in total. The van der Waals surface area contributed by atoms with E-state index in [0.717, 1.165) is 29.8 Å². The molecule has 0 aromatic heterocycles. The van der Waals surface area contributed by atoms with Gasteiger partial charge in [-0.05, 0) is 42.9 Å². The van der Waals surface area contributed by atoms with E-state index in [1.165, 1.54) is 12.8 Å². The number of nitrogen functional groups attached to an aromatic ring is 1. The van der Waals surface area contributed by atoms with Crippen molar-refractivity contribution in [2.45, 2.75) is 19.8 Å². The SMILES string of the molecule is CC1CC(CNc2cccc(N)c2)C1. The Morgan fingerprint density at radius 1 is 1.43 bits per heavy atom. The zero-order valence-corrected chi connectivity index (χ0v) is 8.66. The van der Waals surface area contributed by atoms with E-state index in [2.05, 4.69) is 18.3 Å². The van der Waals surface area contributed by atoms with Crippen LogP contribution in [-0.4, -0.2) is 6.54 Å². The van der Waals surface area contributed by atoms with Gasteiger partial charge in [-0.2, -0.15) is 0 Å². The van der Waals surface area contributed by atoms with Crippen LogP contribution in [-0.2, 0) is 0 Å². The number of rotatable bonds is 3. The van der Waals surface area contributed by atoms with Crippen LogP contribution in [0.4, 0.5) is 11.4 Å². The second-order valence-electron chi connectivity index (χ2n) is 4.45. The summed E-state index contributed by atoms with van der Waals surface area (Å²) >= 11 is 0. The van der Waals surface area contributed by atoms with Crippen LogP contribution >= 0.6 is 0 Å². The average Bonchev–Trinajstić information content (AvgIpc) is 2.11. The van der Waals surface area contributed by atoms with Crippen molar-refractivity contribution in [1.29, 1.82) is 0 Å². The topological polar surface area (TPSA) is 38.0 Å². The summed E-state index contributed by atoms with van der Waals surface area (Å²) < 4.78 is 0. The molecular formula is C12H18N2. The molecule has 14 heavy (non-hydrogen) atoms. The molecule has 1 aliphatic rings. The summed E-state index contributed by atoms with van der Waals surface area (Å²) in [6, 6.07) is 7.96. The molecule has 3 N–H and O–H groups in total. The number of nitrogens with one attached hydrogen (secondary N) is 1. The van der Waals surface area contributed by atoms with E-state index in [1.54, 1.807) is 0 Å². The fraction of sp³-hybridized carbons (Fsp3) is 0.500. The number of anilines is 2. The van der Waals surface area contributed by atoms with Crippen LogP contribution in [0.3, 0.4) is 0 Å². The van der Waals surface area contributed by atoms with Crippen molar-refractivity contribution >= 4 is 11.4 Å². The maximum absolute atomic E-state index is 5.69. The van der Waals surface area contributed by atoms with Crippen molar-refractivity contribution in [3.8, 4) is 0 Å². The summed E-state index contributed by atoms with van der Waals surface area (Å²) in [5, 5.41) is 3.43. The van der Waals surface area contributed by atoms with E-state index in [1.807, 2.05) is 18.2 Å². The Kier molecular flexibility index (Phi) is 2.62. The van der Waals surface area contributed by atoms with Gasteiger partial charge in [0.05, 0.1) is 0 Å². The first-order valence-corrected chi connectivity index (χ1v) is 5.33. The van der Waals surface area contributed by atoms with Gasteiger partial charge >= 0.3 is 0 Å². The molecule has 0 radical (unpaired) electrons. The second-order valence-corrected chi connectivity index (χ2v) is 4.45. The van der Waals surface area contributed by atoms with E-state index < -0.39 is 0 Å². The first kappa shape index (κ1) is 9.38. The molecule has 0 atom stereocenters. The number of benzene rings is 1. The molecule has 76 valence electrons. The zero-order chi connectivity index (χ0) is 9.97. The zero-order valence-electron chi connectivity index (χ0n) is 8.66. The molecule has 1 fully saturated rings. The lowest BCUT2D eigenvalue weighted by Crippen LogP contribution is -2.27. The lowest BCUT2D eigenvalue weighted by atomic mass is 9.76. The fourth-order valence-corrected chi connectivity index (χ4v) is 2.15. The molecule has 0 heterocycles. The van der Waals surface area contributed by atoms with E-state index >= 15 is 0 Å². The number of nitrogens with two attached hydrogens (primary N) is 1. The Morgan fingerprint density at radius 2 is 2.21 bits per heavy atom. The predicted molar refractivity (Wildman–Crippen MR) is 61.2 cm³/mol. The third-order valence-corrected chi connectivity index (χ3v) is 2.95. The van der Waals surface area contributed by atoms with Crippen molar-refractivity contribution < 1.29 is 0 Å². The molecule has 0 aliphatic heterocycles. The van der Waals surface area contributed by atoms with Crippen molar-refractivity contribution in [1.82, 2.24) is 0 Å². The van der Waals surface area contributed by atoms with Crippen LogP contribution in [0.1, 0.15) is 19.8 Å². The van der Waals surface area contributed by atoms with Gasteiger partial charge in [-0.3, -0.25) is 0 Å². The molecule has 1 saturated carbocycles. The second kappa shape index (κ2) is 3.91. The highest BCUT2D eigenvalue weighted by Gasteiger charge is 2.24. The van der Waals surface area contributed by atoms with Gasteiger partial charge in [0, 0.05) is 17.9 Å². The van der Waals surface area contributed by atoms with Gasteiger partial charge in [-0.25, -0.2) is 0 Å². The third kappa shape index (κ3) is 2.19. The number of hydrogen-bond acceptors (Lipinski definition) is 2. The molecule has 0 unspecified atom stereocenters. The fourth-order valence-electron chi connectivity index (χ4n) is 2.15. The quantitative estimate of drug-likeness (QED) is 0.719. The maximum Gasteiger partial charge on any atom is 0.0360 e. The van der Waals surface area contributed by atoms with Crippen LogP contribution in [0.2, 0.25) is 0 Å². The van der Waals surface area contributed by atoms with E-state index in [9.17, 15) is 0 Å². The van der Waals surface area contributed by atoms with Crippen molar-refractivity contribution in [3.63, 3.8) is 0 Å².